The maximum Gasteiger partial charge on any atom is 0.282 e. The number of rotatable bonds is 6. The maximum atomic E-state index is 12.8. The molecule has 3 aromatic rings. The lowest BCUT2D eigenvalue weighted by Crippen LogP contribution is -2.25. The van der Waals surface area contributed by atoms with Gasteiger partial charge in [0.1, 0.15) is 11.7 Å². The Hall–Kier alpha value is -2.26. The lowest BCUT2D eigenvalue weighted by atomic mass is 10.2. The molecule has 0 saturated heterocycles. The van der Waals surface area contributed by atoms with Gasteiger partial charge in [0.25, 0.3) is 6.43 Å². The molecule has 0 fully saturated rings. The van der Waals surface area contributed by atoms with Crippen molar-refractivity contribution in [2.75, 3.05) is 5.32 Å². The molecule has 1 N–H and O–H groups in total. The summed E-state index contributed by atoms with van der Waals surface area (Å²) in [6.45, 7) is 3.63. The van der Waals surface area contributed by atoms with Gasteiger partial charge in [0.15, 0.2) is 5.82 Å². The van der Waals surface area contributed by atoms with E-state index in [1.807, 2.05) is 18.2 Å². The first-order valence-electron chi connectivity index (χ1n) is 8.37. The molecule has 0 aliphatic carbocycles. The number of benzene rings is 1. The minimum Gasteiger partial charge on any atom is -0.306 e. The zero-order chi connectivity index (χ0) is 20.4. The van der Waals surface area contributed by atoms with Gasteiger partial charge in [-0.25, -0.2) is 8.78 Å². The third-order valence-corrected chi connectivity index (χ3v) is 5.11. The van der Waals surface area contributed by atoms with Gasteiger partial charge >= 0.3 is 0 Å². The van der Waals surface area contributed by atoms with Crippen LogP contribution in [-0.2, 0) is 11.3 Å². The molecule has 1 unspecified atom stereocenters. The Morgan fingerprint density at radius 2 is 2.04 bits per heavy atom. The van der Waals surface area contributed by atoms with Gasteiger partial charge in [-0.3, -0.25) is 14.2 Å². The molecule has 6 nitrogen and oxygen atoms in total. The smallest absolute Gasteiger partial charge is 0.282 e. The van der Waals surface area contributed by atoms with Gasteiger partial charge in [-0.15, -0.1) is 0 Å². The molecule has 0 radical (unpaired) electrons. The lowest BCUT2D eigenvalue weighted by molar-refractivity contribution is -0.119. The normalized spacial score (nSPS) is 12.4. The summed E-state index contributed by atoms with van der Waals surface area (Å²) in [5, 5.41) is 11.5. The van der Waals surface area contributed by atoms with Crippen molar-refractivity contribution in [1.82, 2.24) is 19.6 Å². The fourth-order valence-corrected chi connectivity index (χ4v) is 3.32. The molecule has 0 spiro atoms. The van der Waals surface area contributed by atoms with Gasteiger partial charge in [-0.05, 0) is 47.5 Å². The number of halogens is 4. The van der Waals surface area contributed by atoms with Crippen LogP contribution in [0.4, 0.5) is 14.6 Å². The van der Waals surface area contributed by atoms with Gasteiger partial charge in [-0.1, -0.05) is 29.8 Å². The summed E-state index contributed by atoms with van der Waals surface area (Å²) in [4.78, 5) is 12.6. The summed E-state index contributed by atoms with van der Waals surface area (Å²) in [7, 11) is 0. The van der Waals surface area contributed by atoms with E-state index in [9.17, 15) is 13.6 Å². The fraction of sp³-hybridized carbons (Fsp3) is 0.278. The number of amides is 1. The number of carbonyl (C=O) groups is 1. The Bertz CT molecular complexity index is 1000. The fourth-order valence-electron chi connectivity index (χ4n) is 2.71. The van der Waals surface area contributed by atoms with E-state index in [1.54, 1.807) is 30.8 Å². The minimum atomic E-state index is -2.69. The van der Waals surface area contributed by atoms with Gasteiger partial charge in [0.2, 0.25) is 5.91 Å². The second-order valence-corrected chi connectivity index (χ2v) is 7.50. The predicted molar refractivity (Wildman–Crippen MR) is 106 cm³/mol. The highest BCUT2D eigenvalue weighted by molar-refractivity contribution is 9.10. The van der Waals surface area contributed by atoms with Crippen LogP contribution in [0.15, 0.2) is 41.0 Å². The number of aryl methyl sites for hydroxylation is 1. The molecule has 0 aliphatic heterocycles. The highest BCUT2D eigenvalue weighted by Crippen LogP contribution is 2.25. The van der Waals surface area contributed by atoms with Crippen molar-refractivity contribution in [3.05, 3.63) is 63.0 Å². The largest absolute Gasteiger partial charge is 0.306 e. The van der Waals surface area contributed by atoms with Crippen LogP contribution in [0.3, 0.4) is 0 Å². The van der Waals surface area contributed by atoms with E-state index in [1.165, 1.54) is 10.7 Å². The van der Waals surface area contributed by atoms with Gasteiger partial charge < -0.3 is 5.32 Å². The molecular formula is C18H17BrClF2N5O. The predicted octanol–water partition coefficient (Wildman–Crippen LogP) is 4.99. The van der Waals surface area contributed by atoms with Crippen molar-refractivity contribution in [2.24, 2.45) is 0 Å². The van der Waals surface area contributed by atoms with Crippen molar-refractivity contribution >= 4 is 39.3 Å². The van der Waals surface area contributed by atoms with Crippen molar-refractivity contribution < 1.29 is 13.6 Å². The number of nitrogens with one attached hydrogen (secondary N) is 1. The van der Waals surface area contributed by atoms with Crippen LogP contribution in [0.2, 0.25) is 5.02 Å². The van der Waals surface area contributed by atoms with Crippen LogP contribution in [-0.4, -0.2) is 25.5 Å². The van der Waals surface area contributed by atoms with Crippen LogP contribution in [0.5, 0.6) is 0 Å². The van der Waals surface area contributed by atoms with Crippen molar-refractivity contribution in [1.29, 1.82) is 0 Å². The summed E-state index contributed by atoms with van der Waals surface area (Å²) >= 11 is 9.54. The molecule has 3 rings (SSSR count). The van der Waals surface area contributed by atoms with Crippen LogP contribution in [0, 0.1) is 6.92 Å². The van der Waals surface area contributed by atoms with Crippen molar-refractivity contribution in [3.63, 3.8) is 0 Å². The molecule has 148 valence electrons. The van der Waals surface area contributed by atoms with Crippen molar-refractivity contribution in [2.45, 2.75) is 32.9 Å². The highest BCUT2D eigenvalue weighted by atomic mass is 79.9. The molecule has 10 heteroatoms. The SMILES string of the molecule is Cc1cc(C(F)F)nn1C(C)C(=O)Nc1nn(Cc2ccccc2Cl)cc1Br. The first-order chi connectivity index (χ1) is 13.3. The van der Waals surface area contributed by atoms with E-state index >= 15 is 0 Å². The summed E-state index contributed by atoms with van der Waals surface area (Å²) in [5.74, 6) is -0.0986. The number of hydrogen-bond donors (Lipinski definition) is 1. The number of anilines is 1. The number of carbonyl (C=O) groups excluding carboxylic acids is 1. The minimum absolute atomic E-state index is 0.322. The average molecular weight is 473 g/mol. The van der Waals surface area contributed by atoms with E-state index in [4.69, 9.17) is 11.6 Å². The number of alkyl halides is 2. The third-order valence-electron chi connectivity index (χ3n) is 4.16. The first-order valence-corrected chi connectivity index (χ1v) is 9.54. The topological polar surface area (TPSA) is 64.7 Å². The summed E-state index contributed by atoms with van der Waals surface area (Å²) < 4.78 is 29.2. The zero-order valence-corrected chi connectivity index (χ0v) is 17.4. The first kappa shape index (κ1) is 20.5. The van der Waals surface area contributed by atoms with Gasteiger partial charge in [-0.2, -0.15) is 10.2 Å². The molecule has 1 aromatic carbocycles. The Morgan fingerprint density at radius 1 is 1.32 bits per heavy atom. The quantitative estimate of drug-likeness (QED) is 0.550. The van der Waals surface area contributed by atoms with E-state index in [-0.39, 0.29) is 5.69 Å². The molecule has 28 heavy (non-hydrogen) atoms. The van der Waals surface area contributed by atoms with E-state index < -0.39 is 18.4 Å². The van der Waals surface area contributed by atoms with Gasteiger partial charge in [0.05, 0.1) is 11.0 Å². The molecular weight excluding hydrogens is 456 g/mol. The summed E-state index contributed by atoms with van der Waals surface area (Å²) in [6.07, 6.45) is -0.970. The van der Waals surface area contributed by atoms with E-state index in [2.05, 4.69) is 31.4 Å². The molecule has 0 bridgehead atoms. The maximum absolute atomic E-state index is 12.8. The Kier molecular flexibility index (Phi) is 6.14. The van der Waals surface area contributed by atoms with E-state index in [0.717, 1.165) is 5.56 Å². The Morgan fingerprint density at radius 3 is 2.68 bits per heavy atom. The Labute approximate surface area is 173 Å². The molecule has 2 heterocycles. The number of aromatic nitrogens is 4. The average Bonchev–Trinajstić information content (AvgIpc) is 3.19. The lowest BCUT2D eigenvalue weighted by Gasteiger charge is -2.13. The Balaban J connectivity index is 1.74. The molecule has 0 saturated carbocycles. The van der Waals surface area contributed by atoms with E-state index in [0.29, 0.717) is 27.6 Å². The zero-order valence-electron chi connectivity index (χ0n) is 15.0. The van der Waals surface area contributed by atoms with Gasteiger partial charge in [0, 0.05) is 16.9 Å². The molecule has 2 aromatic heterocycles. The summed E-state index contributed by atoms with van der Waals surface area (Å²) in [6, 6.07) is 7.88. The number of nitrogens with zero attached hydrogens (tertiary/aromatic N) is 4. The monoisotopic (exact) mass is 471 g/mol. The summed E-state index contributed by atoms with van der Waals surface area (Å²) in [5.41, 5.74) is 1.00. The van der Waals surface area contributed by atoms with Crippen LogP contribution < -0.4 is 5.32 Å². The third kappa shape index (κ3) is 4.41. The molecule has 1 atom stereocenters. The standard InChI is InChI=1S/C18H17BrClF2N5O/c1-10-7-15(16(21)22)24-27(10)11(2)18(28)23-17-13(19)9-26(25-17)8-12-5-3-4-6-14(12)20/h3-7,9,11,16H,8H2,1-2H3,(H,23,25,28). The number of hydrogen-bond acceptors (Lipinski definition) is 3. The van der Waals surface area contributed by atoms with Crippen LogP contribution >= 0.6 is 27.5 Å². The molecule has 0 aliphatic rings. The molecule has 1 amide bonds. The highest BCUT2D eigenvalue weighted by Gasteiger charge is 2.22. The van der Waals surface area contributed by atoms with Crippen LogP contribution in [0.1, 0.15) is 36.3 Å². The second-order valence-electron chi connectivity index (χ2n) is 6.24. The van der Waals surface area contributed by atoms with Crippen molar-refractivity contribution in [3.8, 4) is 0 Å². The second kappa shape index (κ2) is 8.40. The van der Waals surface area contributed by atoms with Crippen LogP contribution in [0.25, 0.3) is 0 Å².